The van der Waals surface area contributed by atoms with Crippen molar-refractivity contribution in [1.82, 2.24) is 28.9 Å². The van der Waals surface area contributed by atoms with Crippen LogP contribution in [0.5, 0.6) is 5.88 Å². The molecule has 0 aliphatic rings. The normalized spacial score (nSPS) is 11.4. The monoisotopic (exact) mass is 344 g/mol. The SMILES string of the molecule is COc1ccc(=O)n(Cc2nnc3n(C)c(=O)c4sccc4n23)n1. The van der Waals surface area contributed by atoms with Gasteiger partial charge in [0.2, 0.25) is 11.7 Å². The molecule has 0 aliphatic carbocycles. The molecule has 0 aliphatic heterocycles. The van der Waals surface area contributed by atoms with Gasteiger partial charge in [0.15, 0.2) is 5.82 Å². The maximum Gasteiger partial charge on any atom is 0.272 e. The van der Waals surface area contributed by atoms with Crippen molar-refractivity contribution in [1.29, 1.82) is 0 Å². The second kappa shape index (κ2) is 5.27. The molecule has 4 rings (SSSR count). The Kier molecular flexibility index (Phi) is 3.20. The molecule has 4 heterocycles. The first kappa shape index (κ1) is 14.6. The van der Waals surface area contributed by atoms with Crippen LogP contribution in [0.25, 0.3) is 16.0 Å². The second-order valence-corrected chi connectivity index (χ2v) is 6.04. The van der Waals surface area contributed by atoms with Crippen molar-refractivity contribution in [3.63, 3.8) is 0 Å². The quantitative estimate of drug-likeness (QED) is 0.529. The van der Waals surface area contributed by atoms with Crippen LogP contribution in [0.1, 0.15) is 5.82 Å². The molecule has 0 aromatic carbocycles. The van der Waals surface area contributed by atoms with Gasteiger partial charge in [0.25, 0.3) is 11.1 Å². The molecule has 10 heteroatoms. The van der Waals surface area contributed by atoms with Crippen LogP contribution >= 0.6 is 11.3 Å². The van der Waals surface area contributed by atoms with Gasteiger partial charge in [0.1, 0.15) is 11.2 Å². The Morgan fingerprint density at radius 1 is 1.21 bits per heavy atom. The van der Waals surface area contributed by atoms with Crippen molar-refractivity contribution < 1.29 is 4.74 Å². The molecule has 9 nitrogen and oxygen atoms in total. The highest BCUT2D eigenvalue weighted by Gasteiger charge is 2.16. The fraction of sp³-hybridized carbons (Fsp3) is 0.214. The first-order chi connectivity index (χ1) is 11.6. The lowest BCUT2D eigenvalue weighted by atomic mass is 10.4. The van der Waals surface area contributed by atoms with E-state index in [4.69, 9.17) is 4.74 Å². The van der Waals surface area contributed by atoms with Crippen LogP contribution < -0.4 is 15.9 Å². The van der Waals surface area contributed by atoms with Gasteiger partial charge < -0.3 is 4.74 Å². The van der Waals surface area contributed by atoms with E-state index in [1.54, 1.807) is 11.4 Å². The molecule has 0 atom stereocenters. The predicted octanol–water partition coefficient (Wildman–Crippen LogP) is 0.256. The van der Waals surface area contributed by atoms with Gasteiger partial charge in [-0.25, -0.2) is 4.68 Å². The average molecular weight is 344 g/mol. The minimum absolute atomic E-state index is 0.111. The number of methoxy groups -OCH3 is 1. The third-order valence-electron chi connectivity index (χ3n) is 3.74. The van der Waals surface area contributed by atoms with Crippen molar-refractivity contribution in [2.45, 2.75) is 6.54 Å². The highest BCUT2D eigenvalue weighted by Crippen LogP contribution is 2.19. The Hall–Kier alpha value is -3.01. The standard InChI is InChI=1S/C14H12N6O3S/c1-18-13(22)12-8(5-6-24-12)20-9(15-16-14(18)20)7-19-11(21)4-3-10(17-19)23-2/h3-6H,7H2,1-2H3. The highest BCUT2D eigenvalue weighted by molar-refractivity contribution is 7.17. The van der Waals surface area contributed by atoms with Gasteiger partial charge in [-0.2, -0.15) is 0 Å². The minimum Gasteiger partial charge on any atom is -0.480 e. The number of nitrogens with zero attached hydrogens (tertiary/aromatic N) is 6. The third kappa shape index (κ3) is 2.03. The summed E-state index contributed by atoms with van der Waals surface area (Å²) in [4.78, 5) is 24.3. The van der Waals surface area contributed by atoms with Crippen LogP contribution in [0.2, 0.25) is 0 Å². The zero-order valence-electron chi connectivity index (χ0n) is 12.8. The van der Waals surface area contributed by atoms with Crippen molar-refractivity contribution in [3.05, 3.63) is 50.1 Å². The molecule has 4 aromatic heterocycles. The Bertz CT molecular complexity index is 1180. The molecule has 0 saturated heterocycles. The summed E-state index contributed by atoms with van der Waals surface area (Å²) in [7, 11) is 3.12. The van der Waals surface area contributed by atoms with Crippen molar-refractivity contribution >= 4 is 27.3 Å². The van der Waals surface area contributed by atoms with Gasteiger partial charge >= 0.3 is 0 Å². The third-order valence-corrected chi connectivity index (χ3v) is 4.63. The molecule has 0 bridgehead atoms. The Balaban J connectivity index is 1.96. The fourth-order valence-electron chi connectivity index (χ4n) is 2.54. The van der Waals surface area contributed by atoms with E-state index in [-0.39, 0.29) is 17.7 Å². The number of hydrogen-bond donors (Lipinski definition) is 0. The molecular formula is C14H12N6O3S. The lowest BCUT2D eigenvalue weighted by Crippen LogP contribution is -2.24. The van der Waals surface area contributed by atoms with Crippen molar-refractivity contribution in [2.24, 2.45) is 7.05 Å². The molecule has 0 fully saturated rings. The molecule has 0 spiro atoms. The number of rotatable bonds is 3. The molecule has 0 N–H and O–H groups in total. The van der Waals surface area contributed by atoms with E-state index in [1.807, 2.05) is 11.4 Å². The van der Waals surface area contributed by atoms with Crippen LogP contribution in [0, 0.1) is 0 Å². The largest absolute Gasteiger partial charge is 0.480 e. The van der Waals surface area contributed by atoms with Gasteiger partial charge in [-0.05, 0) is 11.4 Å². The summed E-state index contributed by atoms with van der Waals surface area (Å²) < 4.78 is 10.1. The van der Waals surface area contributed by atoms with E-state index in [9.17, 15) is 9.59 Å². The minimum atomic E-state index is -0.279. The zero-order valence-corrected chi connectivity index (χ0v) is 13.6. The maximum atomic E-state index is 12.3. The number of aromatic nitrogens is 6. The summed E-state index contributed by atoms with van der Waals surface area (Å²) in [5.41, 5.74) is 0.316. The molecular weight excluding hydrogens is 332 g/mol. The summed E-state index contributed by atoms with van der Waals surface area (Å²) in [5.74, 6) is 1.25. The van der Waals surface area contributed by atoms with Crippen LogP contribution in [-0.4, -0.2) is 36.1 Å². The fourth-order valence-corrected chi connectivity index (χ4v) is 3.39. The van der Waals surface area contributed by atoms with Gasteiger partial charge in [0, 0.05) is 19.2 Å². The highest BCUT2D eigenvalue weighted by atomic mass is 32.1. The molecule has 4 aromatic rings. The number of ether oxygens (including phenoxy) is 1. The molecule has 0 saturated carbocycles. The zero-order chi connectivity index (χ0) is 16.8. The molecule has 0 radical (unpaired) electrons. The van der Waals surface area contributed by atoms with E-state index in [2.05, 4.69) is 15.3 Å². The molecule has 0 amide bonds. The number of fused-ring (bicyclic) bond motifs is 3. The Morgan fingerprint density at radius 3 is 2.83 bits per heavy atom. The Morgan fingerprint density at radius 2 is 2.04 bits per heavy atom. The van der Waals surface area contributed by atoms with Gasteiger partial charge in [-0.3, -0.25) is 18.6 Å². The van der Waals surface area contributed by atoms with Gasteiger partial charge in [0.05, 0.1) is 12.6 Å². The lowest BCUT2D eigenvalue weighted by molar-refractivity contribution is 0.378. The average Bonchev–Trinajstić information content (AvgIpc) is 3.21. The smallest absolute Gasteiger partial charge is 0.272 e. The molecule has 122 valence electrons. The summed E-state index contributed by atoms with van der Waals surface area (Å²) >= 11 is 1.36. The maximum absolute atomic E-state index is 12.3. The van der Waals surface area contributed by atoms with Crippen molar-refractivity contribution in [2.75, 3.05) is 7.11 Å². The van der Waals surface area contributed by atoms with Crippen LogP contribution in [0.3, 0.4) is 0 Å². The summed E-state index contributed by atoms with van der Waals surface area (Å²) in [6.07, 6.45) is 0. The van der Waals surface area contributed by atoms with Crippen molar-refractivity contribution in [3.8, 4) is 5.88 Å². The topological polar surface area (TPSA) is 96.3 Å². The summed E-state index contributed by atoms with van der Waals surface area (Å²) in [6.45, 7) is 0.111. The molecule has 24 heavy (non-hydrogen) atoms. The van der Waals surface area contributed by atoms with E-state index in [1.165, 1.54) is 39.8 Å². The second-order valence-electron chi connectivity index (χ2n) is 5.12. The lowest BCUT2D eigenvalue weighted by Gasteiger charge is -2.07. The van der Waals surface area contributed by atoms with E-state index >= 15 is 0 Å². The first-order valence-electron chi connectivity index (χ1n) is 7.02. The number of hydrogen-bond acceptors (Lipinski definition) is 7. The van der Waals surface area contributed by atoms with Gasteiger partial charge in [-0.1, -0.05) is 0 Å². The van der Waals surface area contributed by atoms with E-state index < -0.39 is 0 Å². The summed E-state index contributed by atoms with van der Waals surface area (Å²) in [6, 6.07) is 4.72. The summed E-state index contributed by atoms with van der Waals surface area (Å²) in [5, 5.41) is 14.2. The van der Waals surface area contributed by atoms with Crippen LogP contribution in [-0.2, 0) is 13.6 Å². The predicted molar refractivity (Wildman–Crippen MR) is 87.8 cm³/mol. The Labute approximate surface area is 138 Å². The number of thiophene rings is 1. The van der Waals surface area contributed by atoms with Crippen LogP contribution in [0.15, 0.2) is 33.2 Å². The van der Waals surface area contributed by atoms with E-state index in [0.717, 1.165) is 0 Å². The first-order valence-corrected chi connectivity index (χ1v) is 7.90. The number of aryl methyl sites for hydroxylation is 1. The van der Waals surface area contributed by atoms with Gasteiger partial charge in [-0.15, -0.1) is 26.6 Å². The van der Waals surface area contributed by atoms with Crippen LogP contribution in [0.4, 0.5) is 0 Å². The molecule has 0 unspecified atom stereocenters. The van der Waals surface area contributed by atoms with E-state index in [0.29, 0.717) is 27.7 Å².